The second kappa shape index (κ2) is 7.39. The Morgan fingerprint density at radius 2 is 2.35 bits per heavy atom. The van der Waals surface area contributed by atoms with Crippen molar-refractivity contribution >= 4 is 11.7 Å². The number of amides is 2. The number of hydrogen-bond acceptors (Lipinski definition) is 5. The second-order valence-electron chi connectivity index (χ2n) is 4.18. The van der Waals surface area contributed by atoms with Crippen LogP contribution in [0, 0.1) is 17.3 Å². The van der Waals surface area contributed by atoms with Gasteiger partial charge in [0.15, 0.2) is 0 Å². The molecule has 0 aromatic heterocycles. The van der Waals surface area contributed by atoms with Crippen molar-refractivity contribution in [2.24, 2.45) is 11.1 Å². The van der Waals surface area contributed by atoms with Gasteiger partial charge in [-0.2, -0.15) is 10.5 Å². The van der Waals surface area contributed by atoms with E-state index in [1.54, 1.807) is 6.92 Å². The van der Waals surface area contributed by atoms with Gasteiger partial charge in [0.05, 0.1) is 6.61 Å². The van der Waals surface area contributed by atoms with E-state index < -0.39 is 11.8 Å². The number of urea groups is 1. The van der Waals surface area contributed by atoms with Gasteiger partial charge >= 0.3 is 6.03 Å². The fraction of sp³-hybridized carbons (Fsp3) is 0.417. The SMILES string of the molecule is CNC(=O)N(N=N)c1ccc(F)cc1OC[C@H](C)CO. The number of hydrogen-bond donors (Lipinski definition) is 3. The van der Waals surface area contributed by atoms with Gasteiger partial charge in [-0.05, 0) is 12.1 Å². The lowest BCUT2D eigenvalue weighted by Crippen LogP contribution is -2.34. The van der Waals surface area contributed by atoms with Gasteiger partial charge in [0.2, 0.25) is 0 Å². The Morgan fingerprint density at radius 1 is 1.65 bits per heavy atom. The Bertz CT molecular complexity index is 484. The van der Waals surface area contributed by atoms with E-state index in [4.69, 9.17) is 15.4 Å². The summed E-state index contributed by atoms with van der Waals surface area (Å²) >= 11 is 0. The van der Waals surface area contributed by atoms with Crippen molar-refractivity contribution in [3.05, 3.63) is 24.0 Å². The summed E-state index contributed by atoms with van der Waals surface area (Å²) in [6.45, 7) is 1.82. The van der Waals surface area contributed by atoms with Crippen molar-refractivity contribution in [3.63, 3.8) is 0 Å². The fourth-order valence-electron chi connectivity index (χ4n) is 1.38. The molecule has 0 aliphatic rings. The number of nitrogens with one attached hydrogen (secondary N) is 2. The summed E-state index contributed by atoms with van der Waals surface area (Å²) in [5, 5.41) is 15.1. The largest absolute Gasteiger partial charge is 0.491 e. The standard InChI is InChI=1S/C12H17FN4O3/c1-8(6-18)7-20-11-5-9(13)3-4-10(11)17(16-14)12(19)15-2/h3-5,8,14,18H,6-7H2,1-2H3,(H,15,19)/t8-/m1/s1. The maximum Gasteiger partial charge on any atom is 0.343 e. The first-order chi connectivity index (χ1) is 9.53. The molecule has 1 aromatic carbocycles. The molecule has 8 heteroatoms. The molecule has 1 aromatic rings. The molecular weight excluding hydrogens is 267 g/mol. The van der Waals surface area contributed by atoms with Crippen molar-refractivity contribution in [3.8, 4) is 5.75 Å². The van der Waals surface area contributed by atoms with E-state index in [9.17, 15) is 9.18 Å². The van der Waals surface area contributed by atoms with Crippen LogP contribution >= 0.6 is 0 Å². The molecule has 0 radical (unpaired) electrons. The summed E-state index contributed by atoms with van der Waals surface area (Å²) in [5.74, 6) is -0.611. The van der Waals surface area contributed by atoms with Crippen molar-refractivity contribution in [1.29, 1.82) is 5.53 Å². The minimum atomic E-state index is -0.647. The van der Waals surface area contributed by atoms with E-state index in [2.05, 4.69) is 10.5 Å². The summed E-state index contributed by atoms with van der Waals surface area (Å²) in [5.41, 5.74) is 7.18. The Morgan fingerprint density at radius 3 is 2.90 bits per heavy atom. The van der Waals surface area contributed by atoms with Crippen LogP contribution in [0.3, 0.4) is 0 Å². The molecule has 0 aliphatic heterocycles. The van der Waals surface area contributed by atoms with E-state index in [1.165, 1.54) is 13.1 Å². The number of ether oxygens (including phenoxy) is 1. The van der Waals surface area contributed by atoms with Crippen LogP contribution in [0.2, 0.25) is 0 Å². The molecular formula is C12H17FN4O3. The number of halogens is 1. The molecule has 0 saturated carbocycles. The predicted octanol–water partition coefficient (Wildman–Crippen LogP) is 1.92. The summed E-state index contributed by atoms with van der Waals surface area (Å²) in [7, 11) is 1.39. The lowest BCUT2D eigenvalue weighted by Gasteiger charge is -2.19. The van der Waals surface area contributed by atoms with Gasteiger partial charge < -0.3 is 15.2 Å². The third-order valence-corrected chi connectivity index (χ3v) is 2.49. The van der Waals surface area contributed by atoms with Crippen LogP contribution < -0.4 is 15.1 Å². The molecule has 1 atom stereocenters. The van der Waals surface area contributed by atoms with Crippen LogP contribution in [0.1, 0.15) is 6.92 Å². The smallest absolute Gasteiger partial charge is 0.343 e. The van der Waals surface area contributed by atoms with Gasteiger partial charge in [0.25, 0.3) is 0 Å². The average molecular weight is 284 g/mol. The van der Waals surface area contributed by atoms with Crippen LogP contribution in [-0.2, 0) is 0 Å². The Labute approximate surface area is 115 Å². The highest BCUT2D eigenvalue weighted by Crippen LogP contribution is 2.30. The first-order valence-electron chi connectivity index (χ1n) is 5.95. The molecule has 3 N–H and O–H groups in total. The molecule has 0 unspecified atom stereocenters. The molecule has 0 heterocycles. The number of rotatable bonds is 6. The predicted molar refractivity (Wildman–Crippen MR) is 70.2 cm³/mol. The minimum Gasteiger partial charge on any atom is -0.491 e. The van der Waals surface area contributed by atoms with Crippen LogP contribution in [0.25, 0.3) is 0 Å². The van der Waals surface area contributed by atoms with Gasteiger partial charge in [0, 0.05) is 25.6 Å². The number of benzene rings is 1. The molecule has 2 amide bonds. The van der Waals surface area contributed by atoms with Crippen molar-refractivity contribution in [2.75, 3.05) is 25.3 Å². The topological polar surface area (TPSA) is 98.0 Å². The van der Waals surface area contributed by atoms with Crippen molar-refractivity contribution in [1.82, 2.24) is 5.32 Å². The monoisotopic (exact) mass is 284 g/mol. The van der Waals surface area contributed by atoms with Crippen LogP contribution in [0.4, 0.5) is 14.9 Å². The number of aliphatic hydroxyl groups is 1. The van der Waals surface area contributed by atoms with Gasteiger partial charge in [-0.3, -0.25) is 0 Å². The van der Waals surface area contributed by atoms with Crippen molar-refractivity contribution in [2.45, 2.75) is 6.92 Å². The highest BCUT2D eigenvalue weighted by molar-refractivity contribution is 5.92. The zero-order valence-electron chi connectivity index (χ0n) is 11.3. The molecule has 0 spiro atoms. The summed E-state index contributed by atoms with van der Waals surface area (Å²) in [6.07, 6.45) is 0. The maximum atomic E-state index is 13.3. The quantitative estimate of drug-likeness (QED) is 0.550. The Hall–Kier alpha value is -2.22. The van der Waals surface area contributed by atoms with E-state index in [1.807, 2.05) is 0 Å². The molecule has 0 saturated heterocycles. The zero-order chi connectivity index (χ0) is 15.1. The minimum absolute atomic E-state index is 0.0740. The number of carbonyl (C=O) groups is 1. The summed E-state index contributed by atoms with van der Waals surface area (Å²) < 4.78 is 18.7. The van der Waals surface area contributed by atoms with Crippen LogP contribution in [0.5, 0.6) is 5.75 Å². The first kappa shape index (κ1) is 15.8. The number of aliphatic hydroxyl groups excluding tert-OH is 1. The molecule has 20 heavy (non-hydrogen) atoms. The lowest BCUT2D eigenvalue weighted by atomic mass is 10.2. The van der Waals surface area contributed by atoms with Crippen molar-refractivity contribution < 1.29 is 19.0 Å². The summed E-state index contributed by atoms with van der Waals surface area (Å²) in [6, 6.07) is 2.88. The zero-order valence-corrected chi connectivity index (χ0v) is 11.3. The molecule has 0 bridgehead atoms. The molecule has 7 nitrogen and oxygen atoms in total. The Balaban J connectivity index is 3.05. The lowest BCUT2D eigenvalue weighted by molar-refractivity contribution is 0.174. The third-order valence-electron chi connectivity index (χ3n) is 2.49. The van der Waals surface area contributed by atoms with Crippen LogP contribution in [0.15, 0.2) is 23.4 Å². The van der Waals surface area contributed by atoms with E-state index in [-0.39, 0.29) is 30.6 Å². The average Bonchev–Trinajstić information content (AvgIpc) is 2.46. The highest BCUT2D eigenvalue weighted by atomic mass is 19.1. The number of nitrogens with zero attached hydrogens (tertiary/aromatic N) is 2. The van der Waals surface area contributed by atoms with E-state index in [0.29, 0.717) is 0 Å². The fourth-order valence-corrected chi connectivity index (χ4v) is 1.38. The maximum absolute atomic E-state index is 13.3. The van der Waals surface area contributed by atoms with Gasteiger partial charge in [-0.1, -0.05) is 12.1 Å². The molecule has 0 fully saturated rings. The number of anilines is 1. The third kappa shape index (κ3) is 3.89. The first-order valence-corrected chi connectivity index (χ1v) is 5.95. The van der Waals surface area contributed by atoms with Gasteiger partial charge in [-0.15, -0.1) is 0 Å². The number of carbonyl (C=O) groups excluding carboxylic acids is 1. The molecule has 110 valence electrons. The Kier molecular flexibility index (Phi) is 5.85. The van der Waals surface area contributed by atoms with Gasteiger partial charge in [0.1, 0.15) is 17.3 Å². The molecule has 0 aliphatic carbocycles. The second-order valence-corrected chi connectivity index (χ2v) is 4.18. The van der Waals surface area contributed by atoms with E-state index in [0.717, 1.165) is 17.1 Å². The van der Waals surface area contributed by atoms with Crippen LogP contribution in [-0.4, -0.2) is 31.4 Å². The van der Waals surface area contributed by atoms with Gasteiger partial charge in [-0.25, -0.2) is 9.18 Å². The normalized spacial score (nSPS) is 11.6. The highest BCUT2D eigenvalue weighted by Gasteiger charge is 2.19. The van der Waals surface area contributed by atoms with E-state index >= 15 is 0 Å². The molecule has 1 rings (SSSR count). The summed E-state index contributed by atoms with van der Waals surface area (Å²) in [4.78, 5) is 11.6.